The molecule has 4 rings (SSSR count). The molecule has 0 aliphatic heterocycles. The zero-order valence-electron chi connectivity index (χ0n) is 21.9. The largest absolute Gasteiger partial charge is 0.289 e. The summed E-state index contributed by atoms with van der Waals surface area (Å²) in [5, 5.41) is 17.8. The molecule has 0 N–H and O–H groups in total. The average Bonchev–Trinajstić information content (AvgIpc) is 2.89. The van der Waals surface area contributed by atoms with Crippen LogP contribution < -0.4 is 0 Å². The number of rotatable bonds is 5. The fourth-order valence-electron chi connectivity index (χ4n) is 4.07. The van der Waals surface area contributed by atoms with E-state index < -0.39 is 0 Å². The van der Waals surface area contributed by atoms with E-state index in [1.165, 1.54) is 0 Å². The number of nitrogens with zero attached hydrogens (tertiary/aromatic N) is 4. The standard InChI is InChI=1S/C30H22Cl4N4O2/c1-15-5-19(6-16(2)29(15)39)13-35-37-27-11-23(31)21(9-25(27)33)22-10-26(34)28(12-24(22)32)38-36-14-20-7-17(3)30(40)18(4)8-20/h5-14H,1-4H3/b37-35+,38-36+. The molecule has 10 heteroatoms. The summed E-state index contributed by atoms with van der Waals surface area (Å²) in [7, 11) is 0. The Morgan fingerprint density at radius 3 is 1.18 bits per heavy atom. The molecule has 202 valence electrons. The van der Waals surface area contributed by atoms with E-state index in [1.54, 1.807) is 88.7 Å². The van der Waals surface area contributed by atoms with Gasteiger partial charge in [0.15, 0.2) is 11.6 Å². The summed E-state index contributed by atoms with van der Waals surface area (Å²) in [4.78, 5) is 23.8. The second-order valence-corrected chi connectivity index (χ2v) is 10.9. The van der Waals surface area contributed by atoms with Gasteiger partial charge in [0.05, 0.1) is 32.5 Å². The lowest BCUT2D eigenvalue weighted by Gasteiger charge is -2.11. The van der Waals surface area contributed by atoms with Gasteiger partial charge in [0.1, 0.15) is 11.4 Å². The van der Waals surface area contributed by atoms with E-state index >= 15 is 0 Å². The first kappa shape index (κ1) is 29.6. The number of carbonyl (C=O) groups excluding carboxylic acids is 2. The van der Waals surface area contributed by atoms with Gasteiger partial charge in [0.2, 0.25) is 0 Å². The summed E-state index contributed by atoms with van der Waals surface area (Å²) < 4.78 is 0. The van der Waals surface area contributed by atoms with Crippen molar-refractivity contribution in [3.63, 3.8) is 0 Å². The predicted octanol–water partition coefficient (Wildman–Crippen LogP) is 10.9. The van der Waals surface area contributed by atoms with Crippen LogP contribution in [0.5, 0.6) is 0 Å². The van der Waals surface area contributed by atoms with Crippen LogP contribution in [-0.4, -0.2) is 11.6 Å². The Balaban J connectivity index is 1.57. The van der Waals surface area contributed by atoms with Gasteiger partial charge in [-0.2, -0.15) is 10.2 Å². The zero-order valence-corrected chi connectivity index (χ0v) is 24.9. The Morgan fingerprint density at radius 1 is 0.525 bits per heavy atom. The van der Waals surface area contributed by atoms with Crippen molar-refractivity contribution in [1.29, 1.82) is 0 Å². The van der Waals surface area contributed by atoms with Crippen molar-refractivity contribution in [3.8, 4) is 11.1 Å². The smallest absolute Gasteiger partial charge is 0.184 e. The van der Waals surface area contributed by atoms with Crippen molar-refractivity contribution in [1.82, 2.24) is 0 Å². The molecule has 0 amide bonds. The summed E-state index contributed by atoms with van der Waals surface area (Å²) in [5.41, 5.74) is 5.86. The van der Waals surface area contributed by atoms with E-state index in [0.717, 1.165) is 11.1 Å². The first-order valence-electron chi connectivity index (χ1n) is 12.0. The van der Waals surface area contributed by atoms with Crippen LogP contribution >= 0.6 is 46.4 Å². The van der Waals surface area contributed by atoms with Gasteiger partial charge in [-0.05, 0) is 110 Å². The number of allylic oxidation sites excluding steroid dienone is 10. The minimum absolute atomic E-state index is 0.00452. The molecular formula is C30H22Cl4N4O2. The first-order chi connectivity index (χ1) is 18.9. The third-order valence-electron chi connectivity index (χ3n) is 6.07. The van der Waals surface area contributed by atoms with E-state index in [4.69, 9.17) is 46.4 Å². The highest BCUT2D eigenvalue weighted by Gasteiger charge is 2.16. The lowest BCUT2D eigenvalue weighted by Crippen LogP contribution is -2.05. The monoisotopic (exact) mass is 610 g/mol. The third-order valence-corrected chi connectivity index (χ3v) is 7.30. The predicted molar refractivity (Wildman–Crippen MR) is 162 cm³/mol. The molecule has 2 aromatic carbocycles. The van der Waals surface area contributed by atoms with Crippen LogP contribution in [0.1, 0.15) is 27.7 Å². The fraction of sp³-hybridized carbons (Fsp3) is 0.133. The number of carbonyl (C=O) groups is 2. The normalized spacial score (nSPS) is 15.9. The van der Waals surface area contributed by atoms with E-state index in [0.29, 0.717) is 64.9 Å². The molecule has 0 heterocycles. The highest BCUT2D eigenvalue weighted by atomic mass is 35.5. The lowest BCUT2D eigenvalue weighted by molar-refractivity contribution is -0.113. The van der Waals surface area contributed by atoms with Crippen LogP contribution in [0, 0.1) is 0 Å². The molecule has 0 saturated heterocycles. The van der Waals surface area contributed by atoms with Crippen LogP contribution in [0.15, 0.2) is 115 Å². The molecule has 2 aliphatic carbocycles. The van der Waals surface area contributed by atoms with Crippen molar-refractivity contribution >= 4 is 69.3 Å². The summed E-state index contributed by atoms with van der Waals surface area (Å²) in [6, 6.07) is 6.43. The van der Waals surface area contributed by atoms with Crippen molar-refractivity contribution in [2.24, 2.45) is 20.5 Å². The molecular weight excluding hydrogens is 590 g/mol. The van der Waals surface area contributed by atoms with Gasteiger partial charge in [-0.15, -0.1) is 10.2 Å². The summed E-state index contributed by atoms with van der Waals surface area (Å²) >= 11 is 26.1. The summed E-state index contributed by atoms with van der Waals surface area (Å²) in [6.45, 7) is 7.01. The molecule has 0 radical (unpaired) electrons. The lowest BCUT2D eigenvalue weighted by atomic mass is 9.96. The Hall–Kier alpha value is -3.42. The topological polar surface area (TPSA) is 83.6 Å². The van der Waals surface area contributed by atoms with Crippen LogP contribution in [0.25, 0.3) is 11.1 Å². The SMILES string of the molecule is CC1=CC(=C/N=N/c2cc(Cl)c(-c3cc(Cl)c(/N=N/C=C4C=C(C)C(=O)C(C)=C4)cc3Cl)cc2Cl)C=C(C)C1=O. The van der Waals surface area contributed by atoms with E-state index in [1.807, 2.05) is 0 Å². The van der Waals surface area contributed by atoms with Crippen molar-refractivity contribution in [2.75, 3.05) is 0 Å². The van der Waals surface area contributed by atoms with Gasteiger partial charge in [0, 0.05) is 11.1 Å². The number of Topliss-reactive ketones (excluding diaryl/α,β-unsaturated/α-hetero) is 2. The molecule has 0 bridgehead atoms. The van der Waals surface area contributed by atoms with Crippen molar-refractivity contribution in [2.45, 2.75) is 27.7 Å². The number of hydrogen-bond acceptors (Lipinski definition) is 6. The van der Waals surface area contributed by atoms with E-state index in [9.17, 15) is 9.59 Å². The Kier molecular flexibility index (Phi) is 9.16. The molecule has 0 atom stereocenters. The maximum atomic E-state index is 11.9. The minimum Gasteiger partial charge on any atom is -0.289 e. The van der Waals surface area contributed by atoms with Crippen molar-refractivity contribution < 1.29 is 9.59 Å². The second-order valence-electron chi connectivity index (χ2n) is 9.22. The molecule has 0 spiro atoms. The number of halogens is 4. The maximum Gasteiger partial charge on any atom is 0.184 e. The van der Waals surface area contributed by atoms with Crippen LogP contribution in [0.2, 0.25) is 20.1 Å². The summed E-state index contributed by atoms with van der Waals surface area (Å²) in [6.07, 6.45) is 10.1. The first-order valence-corrected chi connectivity index (χ1v) is 13.5. The second kappa shape index (κ2) is 12.4. The number of ketones is 2. The Bertz CT molecular complexity index is 1530. The minimum atomic E-state index is 0.00452. The van der Waals surface area contributed by atoms with Gasteiger partial charge in [-0.25, -0.2) is 0 Å². The van der Waals surface area contributed by atoms with E-state index in [-0.39, 0.29) is 11.6 Å². The molecule has 2 aromatic rings. The highest BCUT2D eigenvalue weighted by Crippen LogP contribution is 2.43. The van der Waals surface area contributed by atoms with E-state index in [2.05, 4.69) is 20.5 Å². The van der Waals surface area contributed by atoms with Gasteiger partial charge in [-0.1, -0.05) is 46.4 Å². The van der Waals surface area contributed by atoms with Crippen LogP contribution in [-0.2, 0) is 9.59 Å². The third kappa shape index (κ3) is 6.65. The molecule has 0 unspecified atom stereocenters. The number of azo groups is 2. The van der Waals surface area contributed by atoms with Crippen LogP contribution in [0.3, 0.4) is 0 Å². The quantitative estimate of drug-likeness (QED) is 0.315. The van der Waals surface area contributed by atoms with Gasteiger partial charge < -0.3 is 0 Å². The number of hydrogen-bond donors (Lipinski definition) is 0. The Morgan fingerprint density at radius 2 is 0.850 bits per heavy atom. The highest BCUT2D eigenvalue weighted by molar-refractivity contribution is 6.40. The van der Waals surface area contributed by atoms with Crippen molar-refractivity contribution in [3.05, 3.63) is 114 Å². The maximum absolute atomic E-state index is 11.9. The van der Waals surface area contributed by atoms with Gasteiger partial charge in [0.25, 0.3) is 0 Å². The van der Waals surface area contributed by atoms with Crippen LogP contribution in [0.4, 0.5) is 11.4 Å². The molecule has 6 nitrogen and oxygen atoms in total. The van der Waals surface area contributed by atoms with Gasteiger partial charge >= 0.3 is 0 Å². The molecule has 0 saturated carbocycles. The Labute approximate surface area is 251 Å². The molecule has 40 heavy (non-hydrogen) atoms. The fourth-order valence-corrected chi connectivity index (χ4v) is 4.99. The number of benzene rings is 2. The molecule has 2 aliphatic rings. The van der Waals surface area contributed by atoms with Gasteiger partial charge in [-0.3, -0.25) is 9.59 Å². The molecule has 0 fully saturated rings. The molecule has 0 aromatic heterocycles. The average molecular weight is 612 g/mol. The zero-order chi connectivity index (χ0) is 29.1. The summed E-state index contributed by atoms with van der Waals surface area (Å²) in [5.74, 6) is 0.00905.